The smallest absolute Gasteiger partial charge is 0.269 e. The second kappa shape index (κ2) is 6.85. The molecule has 21 heavy (non-hydrogen) atoms. The fourth-order valence-electron chi connectivity index (χ4n) is 1.50. The van der Waals surface area contributed by atoms with Gasteiger partial charge in [0.25, 0.3) is 5.69 Å². The summed E-state index contributed by atoms with van der Waals surface area (Å²) in [4.78, 5) is 10.1. The molecule has 0 amide bonds. The van der Waals surface area contributed by atoms with E-state index in [0.29, 0.717) is 13.7 Å². The molecule has 0 atom stereocenters. The second-order valence-electron chi connectivity index (χ2n) is 4.01. The molecule has 2 rings (SSSR count). The highest BCUT2D eigenvalue weighted by Crippen LogP contribution is 2.29. The van der Waals surface area contributed by atoms with Gasteiger partial charge in [0.15, 0.2) is 0 Å². The van der Waals surface area contributed by atoms with Gasteiger partial charge in [0.05, 0.1) is 24.9 Å². The van der Waals surface area contributed by atoms with Gasteiger partial charge in [-0.05, 0) is 68.3 Å². The molecule has 0 fully saturated rings. The molecule has 6 nitrogen and oxygen atoms in total. The highest BCUT2D eigenvalue weighted by Gasteiger charge is 2.05. The van der Waals surface area contributed by atoms with Crippen molar-refractivity contribution in [1.82, 2.24) is 0 Å². The van der Waals surface area contributed by atoms with E-state index in [0.717, 1.165) is 5.56 Å². The van der Waals surface area contributed by atoms with Crippen LogP contribution in [0.25, 0.3) is 0 Å². The Bertz CT molecular complexity index is 681. The first-order valence-corrected chi connectivity index (χ1v) is 7.56. The molecule has 2 aromatic rings. The summed E-state index contributed by atoms with van der Waals surface area (Å²) >= 11 is 5.28. The first-order chi connectivity index (χ1) is 9.97. The van der Waals surface area contributed by atoms with Crippen LogP contribution >= 0.6 is 38.5 Å². The molecule has 0 bridgehead atoms. The Morgan fingerprint density at radius 1 is 1.33 bits per heavy atom. The number of nitro groups is 1. The molecule has 0 saturated carbocycles. The zero-order chi connectivity index (χ0) is 15.4. The third kappa shape index (κ3) is 4.14. The van der Waals surface area contributed by atoms with E-state index in [1.807, 2.05) is 22.6 Å². The Balaban J connectivity index is 2.07. The first-order valence-electron chi connectivity index (χ1n) is 5.69. The summed E-state index contributed by atoms with van der Waals surface area (Å²) in [6.07, 6.45) is 1.59. The van der Waals surface area contributed by atoms with Gasteiger partial charge in [0.2, 0.25) is 0 Å². The zero-order valence-electron chi connectivity index (χ0n) is 10.5. The average Bonchev–Trinajstić information content (AvgIpc) is 2.45. The molecule has 0 aliphatic heterocycles. The first kappa shape index (κ1) is 15.7. The standard InChI is InChI=1S/C13H9BrIN3O3/c14-11-5-8(6-12(15)13(11)19)7-16-17-9-1-3-10(4-2-9)18(20)21/h1-7,17,19H/b16-7-. The van der Waals surface area contributed by atoms with Crippen LogP contribution in [-0.4, -0.2) is 16.2 Å². The zero-order valence-corrected chi connectivity index (χ0v) is 14.2. The maximum absolute atomic E-state index is 10.5. The number of phenols is 1. The Hall–Kier alpha value is -1.68. The van der Waals surface area contributed by atoms with Crippen LogP contribution < -0.4 is 5.43 Å². The van der Waals surface area contributed by atoms with Crippen LogP contribution in [0.2, 0.25) is 0 Å². The summed E-state index contributed by atoms with van der Waals surface area (Å²) < 4.78 is 1.30. The van der Waals surface area contributed by atoms with E-state index in [2.05, 4.69) is 26.5 Å². The molecule has 0 aromatic heterocycles. The van der Waals surface area contributed by atoms with E-state index in [9.17, 15) is 15.2 Å². The number of non-ortho nitro benzene ring substituents is 1. The Labute approximate surface area is 142 Å². The second-order valence-corrected chi connectivity index (χ2v) is 6.02. The molecular formula is C13H9BrIN3O3. The van der Waals surface area contributed by atoms with Crippen molar-refractivity contribution in [2.24, 2.45) is 5.10 Å². The molecule has 2 aromatic carbocycles. The third-order valence-electron chi connectivity index (χ3n) is 2.52. The number of nitrogens with zero attached hydrogens (tertiary/aromatic N) is 2. The number of halogens is 2. The van der Waals surface area contributed by atoms with E-state index in [1.54, 1.807) is 30.5 Å². The number of rotatable bonds is 4. The van der Waals surface area contributed by atoms with Crippen molar-refractivity contribution in [2.75, 3.05) is 5.43 Å². The lowest BCUT2D eigenvalue weighted by Gasteiger charge is -2.02. The van der Waals surface area contributed by atoms with Crippen LogP contribution in [0.3, 0.4) is 0 Å². The molecule has 0 spiro atoms. The number of hydrazone groups is 1. The maximum atomic E-state index is 10.5. The largest absolute Gasteiger partial charge is 0.506 e. The summed E-state index contributed by atoms with van der Waals surface area (Å²) in [5.74, 6) is 0.191. The van der Waals surface area contributed by atoms with Crippen LogP contribution in [-0.2, 0) is 0 Å². The quantitative estimate of drug-likeness (QED) is 0.310. The fraction of sp³-hybridized carbons (Fsp3) is 0. The number of aromatic hydroxyl groups is 1. The fourth-order valence-corrected chi connectivity index (χ4v) is 3.00. The van der Waals surface area contributed by atoms with Crippen LogP contribution in [0.15, 0.2) is 46.0 Å². The minimum absolute atomic E-state index is 0.0292. The van der Waals surface area contributed by atoms with Gasteiger partial charge in [-0.2, -0.15) is 5.10 Å². The van der Waals surface area contributed by atoms with Gasteiger partial charge < -0.3 is 5.11 Å². The highest BCUT2D eigenvalue weighted by molar-refractivity contribution is 14.1. The van der Waals surface area contributed by atoms with Gasteiger partial charge >= 0.3 is 0 Å². The molecule has 0 unspecified atom stereocenters. The highest BCUT2D eigenvalue weighted by atomic mass is 127. The monoisotopic (exact) mass is 461 g/mol. The van der Waals surface area contributed by atoms with Crippen molar-refractivity contribution < 1.29 is 10.0 Å². The minimum Gasteiger partial charge on any atom is -0.506 e. The molecule has 108 valence electrons. The Morgan fingerprint density at radius 2 is 2.00 bits per heavy atom. The topological polar surface area (TPSA) is 87.8 Å². The maximum Gasteiger partial charge on any atom is 0.269 e. The molecule has 8 heteroatoms. The Kier molecular flexibility index (Phi) is 5.12. The van der Waals surface area contributed by atoms with Gasteiger partial charge in [-0.25, -0.2) is 0 Å². The minimum atomic E-state index is -0.455. The van der Waals surface area contributed by atoms with Crippen molar-refractivity contribution in [3.05, 3.63) is 60.1 Å². The summed E-state index contributed by atoms with van der Waals surface area (Å²) in [6, 6.07) is 9.47. The van der Waals surface area contributed by atoms with E-state index < -0.39 is 4.92 Å². The van der Waals surface area contributed by atoms with E-state index >= 15 is 0 Å². The number of hydrogen-bond donors (Lipinski definition) is 2. The van der Waals surface area contributed by atoms with E-state index in [-0.39, 0.29) is 11.4 Å². The van der Waals surface area contributed by atoms with Crippen molar-refractivity contribution in [3.63, 3.8) is 0 Å². The van der Waals surface area contributed by atoms with Crippen LogP contribution in [0.1, 0.15) is 5.56 Å². The van der Waals surface area contributed by atoms with E-state index in [4.69, 9.17) is 0 Å². The molecule has 0 aliphatic carbocycles. The van der Waals surface area contributed by atoms with Crippen LogP contribution in [0.4, 0.5) is 11.4 Å². The van der Waals surface area contributed by atoms with Gasteiger partial charge in [0.1, 0.15) is 5.75 Å². The molecular weight excluding hydrogens is 453 g/mol. The Morgan fingerprint density at radius 3 is 2.57 bits per heavy atom. The molecule has 0 saturated heterocycles. The number of phenolic OH excluding ortho intramolecular Hbond substituents is 1. The average molecular weight is 462 g/mol. The molecule has 0 radical (unpaired) electrons. The summed E-state index contributed by atoms with van der Waals surface area (Å²) in [7, 11) is 0. The van der Waals surface area contributed by atoms with Crippen molar-refractivity contribution in [3.8, 4) is 5.75 Å². The SMILES string of the molecule is O=[N+]([O-])c1ccc(N/N=C\c2cc(Br)c(O)c(I)c2)cc1. The lowest BCUT2D eigenvalue weighted by molar-refractivity contribution is -0.384. The summed E-state index contributed by atoms with van der Waals surface area (Å²) in [5.41, 5.74) is 4.26. The van der Waals surface area contributed by atoms with Crippen molar-refractivity contribution in [1.29, 1.82) is 0 Å². The van der Waals surface area contributed by atoms with Crippen molar-refractivity contribution in [2.45, 2.75) is 0 Å². The summed E-state index contributed by atoms with van der Waals surface area (Å²) in [6.45, 7) is 0. The number of nitro benzene ring substituents is 1. The number of hydrogen-bond acceptors (Lipinski definition) is 5. The van der Waals surface area contributed by atoms with Crippen LogP contribution in [0.5, 0.6) is 5.75 Å². The van der Waals surface area contributed by atoms with Gasteiger partial charge in [-0.15, -0.1) is 0 Å². The number of anilines is 1. The molecule has 0 aliphatic rings. The van der Waals surface area contributed by atoms with E-state index in [1.165, 1.54) is 12.1 Å². The third-order valence-corrected chi connectivity index (χ3v) is 3.95. The lowest BCUT2D eigenvalue weighted by atomic mass is 10.2. The van der Waals surface area contributed by atoms with Gasteiger partial charge in [0, 0.05) is 12.1 Å². The van der Waals surface area contributed by atoms with Crippen LogP contribution in [0, 0.1) is 13.7 Å². The van der Waals surface area contributed by atoms with Crippen molar-refractivity contribution >= 4 is 56.1 Å². The van der Waals surface area contributed by atoms with Gasteiger partial charge in [-0.1, -0.05) is 0 Å². The molecule has 2 N–H and O–H groups in total. The lowest BCUT2D eigenvalue weighted by Crippen LogP contribution is -1.92. The summed E-state index contributed by atoms with van der Waals surface area (Å²) in [5, 5.41) is 24.2. The number of benzene rings is 2. The van der Waals surface area contributed by atoms with Gasteiger partial charge in [-0.3, -0.25) is 15.5 Å². The predicted molar refractivity (Wildman–Crippen MR) is 92.8 cm³/mol. The molecule has 0 heterocycles. The normalized spacial score (nSPS) is 10.8. The predicted octanol–water partition coefficient (Wildman–Crippen LogP) is 4.11. The number of nitrogens with one attached hydrogen (secondary N) is 1.